The highest BCUT2D eigenvalue weighted by Crippen LogP contribution is 2.22. The molecule has 1 aliphatic rings. The molecule has 1 saturated heterocycles. The molecular formula is C14H24N2OS. The van der Waals surface area contributed by atoms with Crippen LogP contribution in [-0.2, 0) is 17.8 Å². The predicted octanol–water partition coefficient (Wildman–Crippen LogP) is 2.28. The minimum absolute atomic E-state index is 0.733. The first-order valence-corrected chi connectivity index (χ1v) is 7.47. The van der Waals surface area contributed by atoms with Crippen LogP contribution in [0, 0.1) is 5.92 Å². The lowest BCUT2D eigenvalue weighted by Crippen LogP contribution is -2.20. The first kappa shape index (κ1) is 14.0. The fourth-order valence-corrected chi connectivity index (χ4v) is 3.53. The molecule has 2 heterocycles. The second-order valence-electron chi connectivity index (χ2n) is 5.50. The normalized spacial score (nSPS) is 21.0. The summed E-state index contributed by atoms with van der Waals surface area (Å²) in [6.07, 6.45) is 1.28. The number of rotatable bonds is 6. The van der Waals surface area contributed by atoms with Crippen LogP contribution in [-0.4, -0.2) is 50.7 Å². The molecule has 102 valence electrons. The van der Waals surface area contributed by atoms with Crippen molar-refractivity contribution in [2.24, 2.45) is 5.92 Å². The fraction of sp³-hybridized carbons (Fsp3) is 0.714. The molecule has 1 fully saturated rings. The molecule has 1 aromatic rings. The molecule has 0 spiro atoms. The molecule has 0 radical (unpaired) electrons. The van der Waals surface area contributed by atoms with Crippen molar-refractivity contribution in [1.82, 2.24) is 9.80 Å². The van der Waals surface area contributed by atoms with Gasteiger partial charge in [-0.25, -0.2) is 0 Å². The van der Waals surface area contributed by atoms with Crippen molar-refractivity contribution >= 4 is 11.3 Å². The quantitative estimate of drug-likeness (QED) is 0.787. The lowest BCUT2D eigenvalue weighted by molar-refractivity contribution is 0.153. The van der Waals surface area contributed by atoms with Gasteiger partial charge in [-0.3, -0.25) is 4.90 Å². The third-order valence-electron chi connectivity index (χ3n) is 3.36. The number of ether oxygens (including phenoxy) is 1. The largest absolute Gasteiger partial charge is 0.384 e. The van der Waals surface area contributed by atoms with Crippen molar-refractivity contribution in [1.29, 1.82) is 0 Å². The van der Waals surface area contributed by atoms with Crippen molar-refractivity contribution in [3.8, 4) is 0 Å². The zero-order valence-electron chi connectivity index (χ0n) is 11.7. The average molecular weight is 268 g/mol. The number of hydrogen-bond donors (Lipinski definition) is 0. The number of methoxy groups -OCH3 is 1. The van der Waals surface area contributed by atoms with Crippen LogP contribution in [0.3, 0.4) is 0 Å². The van der Waals surface area contributed by atoms with Crippen LogP contribution in [0.1, 0.15) is 16.9 Å². The predicted molar refractivity (Wildman–Crippen MR) is 77.0 cm³/mol. The second-order valence-corrected chi connectivity index (χ2v) is 6.50. The van der Waals surface area contributed by atoms with E-state index >= 15 is 0 Å². The summed E-state index contributed by atoms with van der Waals surface area (Å²) in [5.41, 5.74) is 1.44. The van der Waals surface area contributed by atoms with E-state index < -0.39 is 0 Å². The van der Waals surface area contributed by atoms with E-state index in [0.29, 0.717) is 0 Å². The molecule has 2 rings (SSSR count). The number of nitrogens with zero attached hydrogens (tertiary/aromatic N) is 2. The number of thiophene rings is 1. The van der Waals surface area contributed by atoms with E-state index in [0.717, 1.165) is 25.6 Å². The van der Waals surface area contributed by atoms with E-state index in [-0.39, 0.29) is 0 Å². The molecule has 18 heavy (non-hydrogen) atoms. The molecule has 0 saturated carbocycles. The number of likely N-dealkylation sites (tertiary alicyclic amines) is 1. The van der Waals surface area contributed by atoms with Crippen LogP contribution in [0.15, 0.2) is 11.4 Å². The first-order valence-electron chi connectivity index (χ1n) is 6.59. The van der Waals surface area contributed by atoms with E-state index in [1.165, 1.54) is 30.0 Å². The van der Waals surface area contributed by atoms with Gasteiger partial charge in [-0.05, 0) is 50.0 Å². The summed E-state index contributed by atoms with van der Waals surface area (Å²) in [7, 11) is 6.04. The van der Waals surface area contributed by atoms with Gasteiger partial charge in [0.05, 0.1) is 6.61 Å². The molecule has 0 aromatic carbocycles. The smallest absolute Gasteiger partial charge is 0.0503 e. The van der Waals surface area contributed by atoms with E-state index in [1.807, 2.05) is 11.3 Å². The molecule has 0 amide bonds. The van der Waals surface area contributed by atoms with Crippen LogP contribution in [0.5, 0.6) is 0 Å². The van der Waals surface area contributed by atoms with Crippen molar-refractivity contribution in [3.63, 3.8) is 0 Å². The second kappa shape index (κ2) is 6.66. The maximum absolute atomic E-state index is 5.24. The first-order chi connectivity index (χ1) is 8.67. The van der Waals surface area contributed by atoms with Crippen molar-refractivity contribution in [3.05, 3.63) is 21.9 Å². The third-order valence-corrected chi connectivity index (χ3v) is 4.33. The van der Waals surface area contributed by atoms with Crippen LogP contribution in [0.25, 0.3) is 0 Å². The Labute approximate surface area is 114 Å². The van der Waals surface area contributed by atoms with E-state index in [1.54, 1.807) is 7.11 Å². The highest BCUT2D eigenvalue weighted by Gasteiger charge is 2.22. The molecule has 0 aliphatic carbocycles. The van der Waals surface area contributed by atoms with Crippen LogP contribution in [0.2, 0.25) is 0 Å². The Hall–Kier alpha value is -0.420. The van der Waals surface area contributed by atoms with Crippen molar-refractivity contribution < 1.29 is 4.74 Å². The zero-order chi connectivity index (χ0) is 13.0. The number of hydrogen-bond acceptors (Lipinski definition) is 4. The van der Waals surface area contributed by atoms with Gasteiger partial charge in [0.25, 0.3) is 0 Å². The SMILES string of the molecule is COC[C@@H]1CCN(Cc2cc(CN(C)C)cs2)C1. The maximum atomic E-state index is 5.24. The molecule has 0 bridgehead atoms. The Balaban J connectivity index is 1.81. The minimum atomic E-state index is 0.733. The molecule has 1 aromatic heterocycles. The van der Waals surface area contributed by atoms with Crippen LogP contribution in [0.4, 0.5) is 0 Å². The molecule has 3 nitrogen and oxygen atoms in total. The summed E-state index contributed by atoms with van der Waals surface area (Å²) < 4.78 is 5.24. The van der Waals surface area contributed by atoms with Gasteiger partial charge in [-0.15, -0.1) is 11.3 Å². The van der Waals surface area contributed by atoms with Gasteiger partial charge in [0.15, 0.2) is 0 Å². The van der Waals surface area contributed by atoms with Crippen LogP contribution < -0.4 is 0 Å². The molecule has 1 atom stereocenters. The molecule has 0 N–H and O–H groups in total. The minimum Gasteiger partial charge on any atom is -0.384 e. The van der Waals surface area contributed by atoms with E-state index in [9.17, 15) is 0 Å². The molecular weight excluding hydrogens is 244 g/mol. The van der Waals surface area contributed by atoms with Gasteiger partial charge in [0.1, 0.15) is 0 Å². The highest BCUT2D eigenvalue weighted by atomic mass is 32.1. The maximum Gasteiger partial charge on any atom is 0.0503 e. The molecule has 4 heteroatoms. The van der Waals surface area contributed by atoms with Gasteiger partial charge in [0.2, 0.25) is 0 Å². The van der Waals surface area contributed by atoms with E-state index in [2.05, 4.69) is 35.3 Å². The summed E-state index contributed by atoms with van der Waals surface area (Å²) >= 11 is 1.89. The van der Waals surface area contributed by atoms with Crippen molar-refractivity contribution in [2.45, 2.75) is 19.5 Å². The monoisotopic (exact) mass is 268 g/mol. The topological polar surface area (TPSA) is 15.7 Å². The van der Waals surface area contributed by atoms with Gasteiger partial charge in [-0.2, -0.15) is 0 Å². The van der Waals surface area contributed by atoms with Crippen LogP contribution >= 0.6 is 11.3 Å². The fourth-order valence-electron chi connectivity index (χ4n) is 2.61. The lowest BCUT2D eigenvalue weighted by Gasteiger charge is -2.14. The average Bonchev–Trinajstić information content (AvgIpc) is 2.89. The van der Waals surface area contributed by atoms with Gasteiger partial charge >= 0.3 is 0 Å². The standard InChI is InChI=1S/C14H24N2OS/c1-15(2)7-13-6-14(18-11-13)9-16-5-4-12(8-16)10-17-3/h6,11-12H,4-5,7-10H2,1-3H3/t12-/m1/s1. The Morgan fingerprint density at radius 2 is 2.33 bits per heavy atom. The Morgan fingerprint density at radius 1 is 1.50 bits per heavy atom. The Morgan fingerprint density at radius 3 is 3.06 bits per heavy atom. The van der Waals surface area contributed by atoms with Crippen molar-refractivity contribution in [2.75, 3.05) is 40.9 Å². The van der Waals surface area contributed by atoms with Gasteiger partial charge in [0, 0.05) is 31.6 Å². The summed E-state index contributed by atoms with van der Waals surface area (Å²) in [5, 5.41) is 2.29. The lowest BCUT2D eigenvalue weighted by atomic mass is 10.1. The Kier molecular flexibility index (Phi) is 5.18. The highest BCUT2D eigenvalue weighted by molar-refractivity contribution is 7.10. The third kappa shape index (κ3) is 4.05. The van der Waals surface area contributed by atoms with E-state index in [4.69, 9.17) is 4.74 Å². The summed E-state index contributed by atoms with van der Waals surface area (Å²) in [5.74, 6) is 0.733. The summed E-state index contributed by atoms with van der Waals surface area (Å²) in [6, 6.07) is 2.36. The Bertz CT molecular complexity index is 364. The zero-order valence-corrected chi connectivity index (χ0v) is 12.5. The molecule has 1 aliphatic heterocycles. The summed E-state index contributed by atoms with van der Waals surface area (Å²) in [6.45, 7) is 5.47. The van der Waals surface area contributed by atoms with Gasteiger partial charge in [-0.1, -0.05) is 0 Å². The molecule has 0 unspecified atom stereocenters. The van der Waals surface area contributed by atoms with Gasteiger partial charge < -0.3 is 9.64 Å². The summed E-state index contributed by atoms with van der Waals surface area (Å²) in [4.78, 5) is 6.26.